The van der Waals surface area contributed by atoms with Crippen molar-refractivity contribution in [3.05, 3.63) is 27.7 Å². The van der Waals surface area contributed by atoms with Crippen LogP contribution in [0.15, 0.2) is 27.6 Å². The number of thioether (sulfide) groups is 1. The van der Waals surface area contributed by atoms with Crippen LogP contribution in [0.1, 0.15) is 25.7 Å². The molecule has 1 aromatic rings. The summed E-state index contributed by atoms with van der Waals surface area (Å²) in [6, 6.07) is 4.69. The van der Waals surface area contributed by atoms with Gasteiger partial charge in [-0.1, -0.05) is 18.0 Å². The summed E-state index contributed by atoms with van der Waals surface area (Å²) in [7, 11) is -3.48. The maximum atomic E-state index is 12.4. The van der Waals surface area contributed by atoms with Gasteiger partial charge >= 0.3 is 0 Å². The minimum Gasteiger partial charge on any atom is -0.208 e. The third-order valence-electron chi connectivity index (χ3n) is 3.48. The van der Waals surface area contributed by atoms with Crippen LogP contribution in [0.2, 0.25) is 5.02 Å². The third kappa shape index (κ3) is 4.13. The molecule has 1 aliphatic rings. The highest BCUT2D eigenvalue weighted by Crippen LogP contribution is 2.29. The van der Waals surface area contributed by atoms with Crippen molar-refractivity contribution in [1.82, 2.24) is 4.72 Å². The summed E-state index contributed by atoms with van der Waals surface area (Å²) >= 11 is 11.0. The Morgan fingerprint density at radius 2 is 2.15 bits per heavy atom. The fraction of sp³-hybridized carbons (Fsp3) is 0.538. The zero-order valence-electron chi connectivity index (χ0n) is 11.1. The smallest absolute Gasteiger partial charge is 0.208 e. The molecule has 0 saturated heterocycles. The molecule has 1 aromatic carbocycles. The van der Waals surface area contributed by atoms with Gasteiger partial charge in [0.1, 0.15) is 0 Å². The first kappa shape index (κ1) is 16.6. The zero-order chi connectivity index (χ0) is 14.8. The Kier molecular flexibility index (Phi) is 5.82. The molecule has 2 rings (SSSR count). The summed E-state index contributed by atoms with van der Waals surface area (Å²) in [5, 5.41) is 1.05. The van der Waals surface area contributed by atoms with E-state index in [-0.39, 0.29) is 10.9 Å². The molecular weight excluding hydrogens is 382 g/mol. The minimum absolute atomic E-state index is 0.0284. The summed E-state index contributed by atoms with van der Waals surface area (Å²) in [6.07, 6.45) is 6.13. The first-order chi connectivity index (χ1) is 9.42. The van der Waals surface area contributed by atoms with Gasteiger partial charge in [-0.25, -0.2) is 13.1 Å². The average molecular weight is 399 g/mol. The lowest BCUT2D eigenvalue weighted by molar-refractivity contribution is 0.421. The van der Waals surface area contributed by atoms with Crippen molar-refractivity contribution in [2.45, 2.75) is 41.9 Å². The van der Waals surface area contributed by atoms with E-state index >= 15 is 0 Å². The van der Waals surface area contributed by atoms with E-state index in [2.05, 4.69) is 26.9 Å². The van der Waals surface area contributed by atoms with Crippen LogP contribution in [0.5, 0.6) is 0 Å². The lowest BCUT2D eigenvalue weighted by atomic mass is 9.96. The van der Waals surface area contributed by atoms with Crippen molar-refractivity contribution in [1.29, 1.82) is 0 Å². The van der Waals surface area contributed by atoms with Gasteiger partial charge in [-0.15, -0.1) is 0 Å². The van der Waals surface area contributed by atoms with E-state index in [0.717, 1.165) is 19.3 Å². The van der Waals surface area contributed by atoms with E-state index in [0.29, 0.717) is 14.7 Å². The number of nitrogens with one attached hydrogen (secondary N) is 1. The normalized spacial score (nSPS) is 23.8. The Balaban J connectivity index is 2.12. The highest BCUT2D eigenvalue weighted by molar-refractivity contribution is 9.10. The number of hydrogen-bond donors (Lipinski definition) is 1. The number of halogens is 2. The quantitative estimate of drug-likeness (QED) is 0.832. The van der Waals surface area contributed by atoms with Crippen LogP contribution in [-0.2, 0) is 10.0 Å². The maximum absolute atomic E-state index is 12.4. The number of sulfonamides is 1. The summed E-state index contributed by atoms with van der Waals surface area (Å²) in [5.41, 5.74) is 0. The molecule has 7 heteroatoms. The van der Waals surface area contributed by atoms with Crippen molar-refractivity contribution in [3.8, 4) is 0 Å². The van der Waals surface area contributed by atoms with Crippen molar-refractivity contribution < 1.29 is 8.42 Å². The van der Waals surface area contributed by atoms with Crippen LogP contribution in [0.3, 0.4) is 0 Å². The van der Waals surface area contributed by atoms with Gasteiger partial charge in [0.05, 0.1) is 9.92 Å². The molecule has 0 radical (unpaired) electrons. The first-order valence-corrected chi connectivity index (χ1v) is 10.4. The Morgan fingerprint density at radius 3 is 2.80 bits per heavy atom. The Bertz CT molecular complexity index is 580. The summed E-state index contributed by atoms with van der Waals surface area (Å²) < 4.78 is 28.2. The van der Waals surface area contributed by atoms with E-state index in [1.165, 1.54) is 12.5 Å². The van der Waals surface area contributed by atoms with Crippen LogP contribution in [-0.4, -0.2) is 26.0 Å². The molecule has 1 saturated carbocycles. The molecular formula is C13H17BrClNO2S2. The lowest BCUT2D eigenvalue weighted by Gasteiger charge is -2.28. The van der Waals surface area contributed by atoms with Crippen LogP contribution in [0, 0.1) is 0 Å². The highest BCUT2D eigenvalue weighted by atomic mass is 79.9. The van der Waals surface area contributed by atoms with Crippen molar-refractivity contribution in [3.63, 3.8) is 0 Å². The standard InChI is InChI=1S/C13H17BrClNO2S2/c1-19-10-4-2-3-9(7-10)16-20(17,18)11-5-6-13(15)12(14)8-11/h5-6,8-10,16H,2-4,7H2,1H3. The van der Waals surface area contributed by atoms with E-state index in [1.807, 2.05) is 11.8 Å². The molecule has 0 aliphatic heterocycles. The topological polar surface area (TPSA) is 46.2 Å². The second kappa shape index (κ2) is 7.01. The van der Waals surface area contributed by atoms with E-state index in [1.54, 1.807) is 12.1 Å². The van der Waals surface area contributed by atoms with Crippen LogP contribution >= 0.6 is 39.3 Å². The van der Waals surface area contributed by atoms with Gasteiger partial charge in [0.25, 0.3) is 0 Å². The molecule has 0 heterocycles. The third-order valence-corrected chi connectivity index (χ3v) is 7.31. The molecule has 3 nitrogen and oxygen atoms in total. The van der Waals surface area contributed by atoms with E-state index in [9.17, 15) is 8.42 Å². The van der Waals surface area contributed by atoms with Crippen molar-refractivity contribution in [2.24, 2.45) is 0 Å². The van der Waals surface area contributed by atoms with Gasteiger partial charge in [-0.3, -0.25) is 0 Å². The summed E-state index contributed by atoms with van der Waals surface area (Å²) in [4.78, 5) is 0.250. The summed E-state index contributed by atoms with van der Waals surface area (Å²) in [6.45, 7) is 0. The molecule has 2 unspecified atom stereocenters. The molecule has 20 heavy (non-hydrogen) atoms. The predicted molar refractivity (Wildman–Crippen MR) is 89.0 cm³/mol. The molecule has 2 atom stereocenters. The fourth-order valence-electron chi connectivity index (χ4n) is 2.40. The molecule has 0 aromatic heterocycles. The molecule has 0 bridgehead atoms. The molecule has 0 amide bonds. The van der Waals surface area contributed by atoms with Gasteiger partial charge in [-0.05, 0) is 59.6 Å². The Labute approximate surface area is 138 Å². The predicted octanol–water partition coefficient (Wildman–Crippen LogP) is 4.06. The molecule has 1 aliphatic carbocycles. The fourth-order valence-corrected chi connectivity index (χ4v) is 5.18. The number of rotatable bonds is 4. The Hall–Kier alpha value is 0.250. The van der Waals surface area contributed by atoms with Gasteiger partial charge in [0.15, 0.2) is 0 Å². The zero-order valence-corrected chi connectivity index (χ0v) is 15.1. The van der Waals surface area contributed by atoms with Gasteiger partial charge < -0.3 is 0 Å². The first-order valence-electron chi connectivity index (χ1n) is 6.42. The van der Waals surface area contributed by atoms with Crippen LogP contribution in [0.4, 0.5) is 0 Å². The van der Waals surface area contributed by atoms with Gasteiger partial charge in [0.2, 0.25) is 10.0 Å². The number of benzene rings is 1. The molecule has 1 fully saturated rings. The van der Waals surface area contributed by atoms with Crippen LogP contribution in [0.25, 0.3) is 0 Å². The molecule has 0 spiro atoms. The summed E-state index contributed by atoms with van der Waals surface area (Å²) in [5.74, 6) is 0. The van der Waals surface area contributed by atoms with Crippen molar-refractivity contribution in [2.75, 3.05) is 6.26 Å². The lowest BCUT2D eigenvalue weighted by Crippen LogP contribution is -2.39. The van der Waals surface area contributed by atoms with Crippen molar-refractivity contribution >= 4 is 49.3 Å². The maximum Gasteiger partial charge on any atom is 0.240 e. The van der Waals surface area contributed by atoms with E-state index in [4.69, 9.17) is 11.6 Å². The van der Waals surface area contributed by atoms with Gasteiger partial charge in [-0.2, -0.15) is 11.8 Å². The molecule has 1 N–H and O–H groups in total. The number of hydrogen-bond acceptors (Lipinski definition) is 3. The Morgan fingerprint density at radius 1 is 1.40 bits per heavy atom. The second-order valence-corrected chi connectivity index (χ2v) is 9.03. The van der Waals surface area contributed by atoms with Crippen LogP contribution < -0.4 is 4.72 Å². The highest BCUT2D eigenvalue weighted by Gasteiger charge is 2.26. The van der Waals surface area contributed by atoms with Gasteiger partial charge in [0, 0.05) is 15.8 Å². The minimum atomic E-state index is -3.48. The largest absolute Gasteiger partial charge is 0.240 e. The van der Waals surface area contributed by atoms with E-state index < -0.39 is 10.0 Å². The monoisotopic (exact) mass is 397 g/mol. The average Bonchev–Trinajstić information content (AvgIpc) is 2.41. The molecule has 112 valence electrons. The second-order valence-electron chi connectivity index (χ2n) is 4.92. The SMILES string of the molecule is CSC1CCCC(NS(=O)(=O)c2ccc(Cl)c(Br)c2)C1.